The molecule has 3 nitrogen and oxygen atoms in total. The second-order valence-corrected chi connectivity index (χ2v) is 6.71. The summed E-state index contributed by atoms with van der Waals surface area (Å²) in [5.74, 6) is 0.419. The smallest absolute Gasteiger partial charge is 0.228 e. The monoisotopic (exact) mass is 321 g/mol. The molecule has 1 aromatic heterocycles. The van der Waals surface area contributed by atoms with Crippen molar-refractivity contribution in [2.75, 3.05) is 5.32 Å². The maximum atomic E-state index is 12.5. The highest BCUT2D eigenvalue weighted by atomic mass is 16.3. The van der Waals surface area contributed by atoms with Crippen LogP contribution in [0.5, 0.6) is 0 Å². The van der Waals surface area contributed by atoms with Crippen LogP contribution in [0.2, 0.25) is 0 Å². The van der Waals surface area contributed by atoms with E-state index in [-0.39, 0.29) is 5.91 Å². The molecule has 3 aromatic rings. The Hall–Kier alpha value is -2.55. The molecule has 0 saturated carbocycles. The van der Waals surface area contributed by atoms with Gasteiger partial charge in [-0.15, -0.1) is 0 Å². The minimum atomic E-state index is -0.0265. The van der Waals surface area contributed by atoms with Gasteiger partial charge in [-0.05, 0) is 54.7 Å². The summed E-state index contributed by atoms with van der Waals surface area (Å²) in [6.07, 6.45) is 2.00. The fraction of sp³-hybridized carbons (Fsp3) is 0.286. The Balaban J connectivity index is 1.82. The van der Waals surface area contributed by atoms with Gasteiger partial charge in [-0.3, -0.25) is 4.79 Å². The van der Waals surface area contributed by atoms with E-state index in [4.69, 9.17) is 4.42 Å². The number of fused-ring (bicyclic) bond motifs is 1. The summed E-state index contributed by atoms with van der Waals surface area (Å²) in [7, 11) is 0. The number of benzene rings is 2. The third kappa shape index (κ3) is 3.35. The van der Waals surface area contributed by atoms with E-state index in [1.807, 2.05) is 38.1 Å². The van der Waals surface area contributed by atoms with E-state index >= 15 is 0 Å². The minimum Gasteiger partial charge on any atom is -0.464 e. The fourth-order valence-corrected chi connectivity index (χ4v) is 2.83. The highest BCUT2D eigenvalue weighted by Crippen LogP contribution is 2.26. The Morgan fingerprint density at radius 1 is 1.12 bits per heavy atom. The largest absolute Gasteiger partial charge is 0.464 e. The van der Waals surface area contributed by atoms with Crippen LogP contribution in [0.3, 0.4) is 0 Å². The summed E-state index contributed by atoms with van der Waals surface area (Å²) in [6.45, 7) is 8.34. The zero-order valence-electron chi connectivity index (χ0n) is 14.6. The molecule has 0 fully saturated rings. The molecule has 124 valence electrons. The van der Waals surface area contributed by atoms with Gasteiger partial charge in [0.1, 0.15) is 5.58 Å². The maximum absolute atomic E-state index is 12.5. The number of anilines is 1. The number of carbonyl (C=O) groups excluding carboxylic acids is 1. The SMILES string of the molecule is Cc1ccc(C)c(NC(=O)Cc2coc3ccc(C(C)C)cc23)c1. The van der Waals surface area contributed by atoms with E-state index in [1.165, 1.54) is 5.56 Å². The Morgan fingerprint density at radius 3 is 2.67 bits per heavy atom. The van der Waals surface area contributed by atoms with Gasteiger partial charge in [0.15, 0.2) is 0 Å². The van der Waals surface area contributed by atoms with Crippen LogP contribution < -0.4 is 5.32 Å². The molecule has 0 aliphatic rings. The van der Waals surface area contributed by atoms with Gasteiger partial charge < -0.3 is 9.73 Å². The van der Waals surface area contributed by atoms with Crippen molar-refractivity contribution >= 4 is 22.6 Å². The molecule has 24 heavy (non-hydrogen) atoms. The molecule has 0 spiro atoms. The molecule has 0 aliphatic carbocycles. The summed E-state index contributed by atoms with van der Waals surface area (Å²) < 4.78 is 5.60. The molecular weight excluding hydrogens is 298 g/mol. The second kappa shape index (κ2) is 6.52. The van der Waals surface area contributed by atoms with Crippen molar-refractivity contribution in [1.29, 1.82) is 0 Å². The van der Waals surface area contributed by atoms with Crippen molar-refractivity contribution in [2.45, 2.75) is 40.0 Å². The molecule has 2 aromatic carbocycles. The number of hydrogen-bond acceptors (Lipinski definition) is 2. The van der Waals surface area contributed by atoms with E-state index < -0.39 is 0 Å². The fourth-order valence-electron chi connectivity index (χ4n) is 2.83. The number of rotatable bonds is 4. The van der Waals surface area contributed by atoms with Crippen molar-refractivity contribution in [3.63, 3.8) is 0 Å². The first kappa shape index (κ1) is 16.3. The Morgan fingerprint density at radius 2 is 1.92 bits per heavy atom. The van der Waals surface area contributed by atoms with Crippen LogP contribution >= 0.6 is 0 Å². The van der Waals surface area contributed by atoms with Crippen LogP contribution in [0.4, 0.5) is 5.69 Å². The maximum Gasteiger partial charge on any atom is 0.228 e. The van der Waals surface area contributed by atoms with Crippen molar-refractivity contribution < 1.29 is 9.21 Å². The highest BCUT2D eigenvalue weighted by molar-refractivity contribution is 5.96. The first-order chi connectivity index (χ1) is 11.4. The van der Waals surface area contributed by atoms with E-state index in [9.17, 15) is 4.79 Å². The van der Waals surface area contributed by atoms with Gasteiger partial charge in [0.05, 0.1) is 12.7 Å². The van der Waals surface area contributed by atoms with Crippen LogP contribution in [0.25, 0.3) is 11.0 Å². The number of furan rings is 1. The topological polar surface area (TPSA) is 42.2 Å². The Kier molecular flexibility index (Phi) is 4.43. The van der Waals surface area contributed by atoms with Crippen molar-refractivity contribution in [2.24, 2.45) is 0 Å². The molecule has 0 aliphatic heterocycles. The lowest BCUT2D eigenvalue weighted by Gasteiger charge is -2.09. The Labute approximate surface area is 142 Å². The minimum absolute atomic E-state index is 0.0265. The summed E-state index contributed by atoms with van der Waals surface area (Å²) in [4.78, 5) is 12.5. The first-order valence-corrected chi connectivity index (χ1v) is 8.31. The highest BCUT2D eigenvalue weighted by Gasteiger charge is 2.13. The number of amides is 1. The standard InChI is InChI=1S/C21H23NO2/c1-13(2)16-7-8-20-18(10-16)17(12-24-20)11-21(23)22-19-9-14(3)5-6-15(19)4/h5-10,12-13H,11H2,1-4H3,(H,22,23). The van der Waals surface area contributed by atoms with Crippen LogP contribution in [-0.2, 0) is 11.2 Å². The van der Waals surface area contributed by atoms with Gasteiger partial charge in [0, 0.05) is 16.6 Å². The molecule has 1 amide bonds. The summed E-state index contributed by atoms with van der Waals surface area (Å²) in [6, 6.07) is 12.3. The molecule has 0 atom stereocenters. The molecule has 3 rings (SSSR count). The van der Waals surface area contributed by atoms with Crippen molar-refractivity contribution in [1.82, 2.24) is 0 Å². The average molecular weight is 321 g/mol. The van der Waals surface area contributed by atoms with Crippen molar-refractivity contribution in [3.05, 3.63) is 64.9 Å². The van der Waals surface area contributed by atoms with Crippen molar-refractivity contribution in [3.8, 4) is 0 Å². The normalized spacial score (nSPS) is 11.2. The lowest BCUT2D eigenvalue weighted by atomic mass is 10.00. The molecule has 0 bridgehead atoms. The molecule has 0 unspecified atom stereocenters. The van der Waals surface area contributed by atoms with Crippen LogP contribution in [0.15, 0.2) is 47.1 Å². The average Bonchev–Trinajstić information content (AvgIpc) is 2.93. The van der Waals surface area contributed by atoms with E-state index in [0.29, 0.717) is 12.3 Å². The van der Waals surface area contributed by atoms with Crippen LogP contribution in [-0.4, -0.2) is 5.91 Å². The van der Waals surface area contributed by atoms with Gasteiger partial charge in [-0.25, -0.2) is 0 Å². The van der Waals surface area contributed by atoms with E-state index in [1.54, 1.807) is 6.26 Å². The predicted octanol–water partition coefficient (Wildman–Crippen LogP) is 5.35. The number of nitrogens with one attached hydrogen (secondary N) is 1. The number of aryl methyl sites for hydroxylation is 2. The van der Waals surface area contributed by atoms with Crippen LogP contribution in [0.1, 0.15) is 42.0 Å². The second-order valence-electron chi connectivity index (χ2n) is 6.71. The first-order valence-electron chi connectivity index (χ1n) is 8.31. The summed E-state index contributed by atoms with van der Waals surface area (Å²) in [5.41, 5.74) is 6.07. The summed E-state index contributed by atoms with van der Waals surface area (Å²) >= 11 is 0. The van der Waals surface area contributed by atoms with Gasteiger partial charge in [0.2, 0.25) is 5.91 Å². The number of hydrogen-bond donors (Lipinski definition) is 1. The summed E-state index contributed by atoms with van der Waals surface area (Å²) in [5, 5.41) is 4.04. The lowest BCUT2D eigenvalue weighted by molar-refractivity contribution is -0.115. The molecule has 3 heteroatoms. The molecule has 1 heterocycles. The van der Waals surface area contributed by atoms with Gasteiger partial charge in [0.25, 0.3) is 0 Å². The van der Waals surface area contributed by atoms with E-state index in [2.05, 4.69) is 31.3 Å². The third-order valence-electron chi connectivity index (χ3n) is 4.36. The quantitative estimate of drug-likeness (QED) is 0.703. The zero-order valence-corrected chi connectivity index (χ0v) is 14.6. The molecule has 0 radical (unpaired) electrons. The van der Waals surface area contributed by atoms with E-state index in [0.717, 1.165) is 33.3 Å². The zero-order chi connectivity index (χ0) is 17.3. The van der Waals surface area contributed by atoms with Gasteiger partial charge in [-0.1, -0.05) is 32.0 Å². The predicted molar refractivity (Wildman–Crippen MR) is 98.6 cm³/mol. The third-order valence-corrected chi connectivity index (χ3v) is 4.36. The Bertz CT molecular complexity index is 890. The van der Waals surface area contributed by atoms with Gasteiger partial charge in [-0.2, -0.15) is 0 Å². The van der Waals surface area contributed by atoms with Gasteiger partial charge >= 0.3 is 0 Å². The molecular formula is C21H23NO2. The number of carbonyl (C=O) groups is 1. The lowest BCUT2D eigenvalue weighted by Crippen LogP contribution is -2.15. The van der Waals surface area contributed by atoms with Crippen LogP contribution in [0, 0.1) is 13.8 Å². The molecule has 0 saturated heterocycles. The molecule has 1 N–H and O–H groups in total.